The Labute approximate surface area is 184 Å². The maximum absolute atomic E-state index is 6.46. The molecule has 0 bridgehead atoms. The van der Waals surface area contributed by atoms with E-state index in [4.69, 9.17) is 4.74 Å². The Balaban J connectivity index is 1.27. The summed E-state index contributed by atoms with van der Waals surface area (Å²) in [6, 6.07) is 16.6. The molecule has 158 valence electrons. The summed E-state index contributed by atoms with van der Waals surface area (Å²) in [5, 5.41) is 1.12. The number of rotatable bonds is 4. The van der Waals surface area contributed by atoms with Crippen molar-refractivity contribution in [2.24, 2.45) is 5.41 Å². The molecule has 1 aliphatic heterocycles. The highest BCUT2D eigenvalue weighted by Crippen LogP contribution is 2.48. The molecule has 1 saturated carbocycles. The predicted octanol–water partition coefficient (Wildman–Crippen LogP) is 6.69. The van der Waals surface area contributed by atoms with Gasteiger partial charge in [-0.15, -0.1) is 11.3 Å². The number of thiazole rings is 1. The maximum Gasteiger partial charge on any atom is 0.119 e. The van der Waals surface area contributed by atoms with Gasteiger partial charge < -0.3 is 4.74 Å². The number of hydrogen-bond donors (Lipinski definition) is 0. The first-order chi connectivity index (χ1) is 14.4. The summed E-state index contributed by atoms with van der Waals surface area (Å²) < 4.78 is 7.71. The lowest BCUT2D eigenvalue weighted by Gasteiger charge is -2.43. The Morgan fingerprint density at radius 1 is 1.10 bits per heavy atom. The van der Waals surface area contributed by atoms with Gasteiger partial charge in [-0.3, -0.25) is 4.90 Å². The number of benzene rings is 2. The van der Waals surface area contributed by atoms with Crippen molar-refractivity contribution in [3.8, 4) is 16.9 Å². The molecule has 3 nitrogen and oxygen atoms in total. The zero-order valence-electron chi connectivity index (χ0n) is 18.5. The maximum atomic E-state index is 6.46. The summed E-state index contributed by atoms with van der Waals surface area (Å²) in [4.78, 5) is 7.35. The van der Waals surface area contributed by atoms with Gasteiger partial charge in [-0.25, -0.2) is 4.98 Å². The number of ether oxygens (including phenoxy) is 1. The second-order valence-electron chi connectivity index (χ2n) is 9.71. The van der Waals surface area contributed by atoms with Gasteiger partial charge in [0.25, 0.3) is 0 Å². The quantitative estimate of drug-likeness (QED) is 0.470. The molecule has 1 aromatic heterocycles. The van der Waals surface area contributed by atoms with Crippen LogP contribution in [0.5, 0.6) is 5.75 Å². The summed E-state index contributed by atoms with van der Waals surface area (Å²) in [6.07, 6.45) is 5.21. The van der Waals surface area contributed by atoms with Crippen LogP contribution in [0.4, 0.5) is 0 Å². The molecule has 3 aromatic rings. The first kappa shape index (κ1) is 20.0. The molecular formula is C26H32N2OS. The number of fused-ring (bicyclic) bond motifs is 2. The smallest absolute Gasteiger partial charge is 0.119 e. The van der Waals surface area contributed by atoms with Crippen molar-refractivity contribution < 1.29 is 4.74 Å². The summed E-state index contributed by atoms with van der Waals surface area (Å²) in [6.45, 7) is 10.5. The van der Waals surface area contributed by atoms with Crippen molar-refractivity contribution in [2.75, 3.05) is 6.54 Å². The third-order valence-electron chi connectivity index (χ3n) is 7.25. The van der Waals surface area contributed by atoms with Crippen LogP contribution in [0.1, 0.15) is 51.5 Å². The Hall–Kier alpha value is -1.91. The molecule has 2 fully saturated rings. The predicted molar refractivity (Wildman–Crippen MR) is 126 cm³/mol. The van der Waals surface area contributed by atoms with Crippen LogP contribution in [0, 0.1) is 12.3 Å². The Morgan fingerprint density at radius 3 is 2.63 bits per heavy atom. The summed E-state index contributed by atoms with van der Waals surface area (Å²) in [7, 11) is 0. The fourth-order valence-corrected chi connectivity index (χ4v) is 6.49. The monoisotopic (exact) mass is 420 g/mol. The van der Waals surface area contributed by atoms with Gasteiger partial charge >= 0.3 is 0 Å². The molecule has 4 heteroatoms. The fourth-order valence-electron chi connectivity index (χ4n) is 5.68. The minimum absolute atomic E-state index is 0.332. The van der Waals surface area contributed by atoms with E-state index in [0.717, 1.165) is 28.7 Å². The van der Waals surface area contributed by atoms with Gasteiger partial charge in [0.2, 0.25) is 0 Å². The van der Waals surface area contributed by atoms with E-state index in [-0.39, 0.29) is 0 Å². The first-order valence-electron chi connectivity index (χ1n) is 11.3. The van der Waals surface area contributed by atoms with Crippen LogP contribution < -0.4 is 4.74 Å². The van der Waals surface area contributed by atoms with E-state index in [0.29, 0.717) is 17.6 Å². The van der Waals surface area contributed by atoms with Gasteiger partial charge in [0.1, 0.15) is 5.75 Å². The van der Waals surface area contributed by atoms with Gasteiger partial charge in [0, 0.05) is 12.1 Å². The molecule has 3 atom stereocenters. The van der Waals surface area contributed by atoms with Crippen LogP contribution in [-0.4, -0.2) is 34.6 Å². The molecule has 2 aliphatic rings. The lowest BCUT2D eigenvalue weighted by Crippen LogP contribution is -2.47. The molecule has 0 radical (unpaired) electrons. The van der Waals surface area contributed by atoms with Gasteiger partial charge in [-0.2, -0.15) is 0 Å². The Morgan fingerprint density at radius 2 is 1.87 bits per heavy atom. The SMILES string of the molecule is Cc1nc2cc(-c3ccc(OC4CCC5N(C(C)C)CCC5(C)C4)cc3)ccc2s1. The summed E-state index contributed by atoms with van der Waals surface area (Å²) in [5.74, 6) is 0.995. The molecule has 0 amide bonds. The fraction of sp³-hybridized carbons (Fsp3) is 0.500. The highest BCUT2D eigenvalue weighted by molar-refractivity contribution is 7.18. The Bertz CT molecular complexity index is 1040. The van der Waals surface area contributed by atoms with E-state index >= 15 is 0 Å². The summed E-state index contributed by atoms with van der Waals surface area (Å²) in [5.41, 5.74) is 3.92. The molecule has 30 heavy (non-hydrogen) atoms. The van der Waals surface area contributed by atoms with E-state index in [2.05, 4.69) is 80.0 Å². The number of aromatic nitrogens is 1. The first-order valence-corrected chi connectivity index (χ1v) is 12.1. The minimum Gasteiger partial charge on any atom is -0.490 e. The van der Waals surface area contributed by atoms with Crippen LogP contribution in [0.25, 0.3) is 21.3 Å². The number of aryl methyl sites for hydroxylation is 1. The molecule has 1 aliphatic carbocycles. The van der Waals surface area contributed by atoms with E-state index in [9.17, 15) is 0 Å². The third-order valence-corrected chi connectivity index (χ3v) is 8.20. The van der Waals surface area contributed by atoms with Gasteiger partial charge in [0.05, 0.1) is 21.3 Å². The standard InChI is InChI=1S/C26H32N2OS/c1-17(2)28-14-13-26(4)16-22(10-12-25(26)28)29-21-8-5-19(6-9-21)20-7-11-24-23(15-20)27-18(3)30-24/h5-9,11,15,17,22,25H,10,12-14,16H2,1-4H3. The van der Waals surface area contributed by atoms with Crippen molar-refractivity contribution in [3.63, 3.8) is 0 Å². The normalized spacial score (nSPS) is 27.0. The van der Waals surface area contributed by atoms with Gasteiger partial charge in [-0.1, -0.05) is 25.1 Å². The minimum atomic E-state index is 0.332. The van der Waals surface area contributed by atoms with Gasteiger partial charge in [0.15, 0.2) is 0 Å². The van der Waals surface area contributed by atoms with Crippen LogP contribution in [0.3, 0.4) is 0 Å². The van der Waals surface area contributed by atoms with Gasteiger partial charge in [-0.05, 0) is 93.8 Å². The second kappa shape index (κ2) is 7.65. The average molecular weight is 421 g/mol. The van der Waals surface area contributed by atoms with E-state index in [1.165, 1.54) is 41.6 Å². The molecule has 0 N–H and O–H groups in total. The molecule has 0 spiro atoms. The average Bonchev–Trinajstić information content (AvgIpc) is 3.26. The van der Waals surface area contributed by atoms with Crippen molar-refractivity contribution in [1.82, 2.24) is 9.88 Å². The van der Waals surface area contributed by atoms with E-state index in [1.807, 2.05) is 0 Å². The number of hydrogen-bond acceptors (Lipinski definition) is 4. The Kier molecular flexibility index (Phi) is 5.11. The highest BCUT2D eigenvalue weighted by atomic mass is 32.1. The molecule has 1 saturated heterocycles. The molecule has 2 heterocycles. The van der Waals surface area contributed by atoms with Crippen LogP contribution in [0.2, 0.25) is 0 Å². The topological polar surface area (TPSA) is 25.4 Å². The van der Waals surface area contributed by atoms with E-state index in [1.54, 1.807) is 11.3 Å². The number of likely N-dealkylation sites (tertiary alicyclic amines) is 1. The number of nitrogens with zero attached hydrogens (tertiary/aromatic N) is 2. The van der Waals surface area contributed by atoms with Crippen LogP contribution >= 0.6 is 11.3 Å². The van der Waals surface area contributed by atoms with Crippen molar-refractivity contribution in [3.05, 3.63) is 47.5 Å². The van der Waals surface area contributed by atoms with Crippen molar-refractivity contribution in [1.29, 1.82) is 0 Å². The molecule has 5 rings (SSSR count). The highest BCUT2D eigenvalue weighted by Gasteiger charge is 2.48. The third kappa shape index (κ3) is 3.65. The van der Waals surface area contributed by atoms with Crippen molar-refractivity contribution in [2.45, 2.75) is 71.6 Å². The summed E-state index contributed by atoms with van der Waals surface area (Å²) >= 11 is 1.75. The van der Waals surface area contributed by atoms with Crippen LogP contribution in [0.15, 0.2) is 42.5 Å². The molecule has 2 aromatic carbocycles. The van der Waals surface area contributed by atoms with Crippen LogP contribution in [-0.2, 0) is 0 Å². The zero-order chi connectivity index (χ0) is 20.9. The zero-order valence-corrected chi connectivity index (χ0v) is 19.3. The second-order valence-corrected chi connectivity index (χ2v) is 10.9. The van der Waals surface area contributed by atoms with E-state index < -0.39 is 0 Å². The lowest BCUT2D eigenvalue weighted by molar-refractivity contribution is 0.0274. The molecular weight excluding hydrogens is 388 g/mol. The largest absolute Gasteiger partial charge is 0.490 e. The lowest BCUT2D eigenvalue weighted by atomic mass is 9.70. The van der Waals surface area contributed by atoms with Crippen molar-refractivity contribution >= 4 is 21.6 Å². The molecule has 3 unspecified atom stereocenters.